The van der Waals surface area contributed by atoms with E-state index in [4.69, 9.17) is 25.8 Å². The van der Waals surface area contributed by atoms with Gasteiger partial charge in [0.05, 0.1) is 18.7 Å². The van der Waals surface area contributed by atoms with Gasteiger partial charge in [-0.25, -0.2) is 0 Å². The zero-order chi connectivity index (χ0) is 19.1. The van der Waals surface area contributed by atoms with Crippen LogP contribution in [0.3, 0.4) is 0 Å². The van der Waals surface area contributed by atoms with Gasteiger partial charge in [0.1, 0.15) is 12.4 Å². The summed E-state index contributed by atoms with van der Waals surface area (Å²) in [5, 5.41) is 4.20. The lowest BCUT2D eigenvalue weighted by atomic mass is 10.1. The summed E-state index contributed by atoms with van der Waals surface area (Å²) in [6, 6.07) is 12.4. The molecule has 1 aliphatic carbocycles. The summed E-state index contributed by atoms with van der Waals surface area (Å²) in [4.78, 5) is 0. The standard InChI is InChI=1S/C22H28ClNO3/c1-3-26-21-13-17(14-24-18-6-4-5-7-18)12-20(23)22(21)27-15-16-8-10-19(25-2)11-9-16/h8-13,18,24H,3-7,14-15H2,1-2H3. The summed E-state index contributed by atoms with van der Waals surface area (Å²) in [5.41, 5.74) is 2.16. The van der Waals surface area contributed by atoms with Crippen molar-refractivity contribution >= 4 is 11.6 Å². The third-order valence-electron chi connectivity index (χ3n) is 4.86. The molecule has 1 fully saturated rings. The summed E-state index contributed by atoms with van der Waals surface area (Å²) in [7, 11) is 1.66. The van der Waals surface area contributed by atoms with Crippen molar-refractivity contribution in [1.82, 2.24) is 5.32 Å². The van der Waals surface area contributed by atoms with Crippen molar-refractivity contribution in [2.45, 2.75) is 51.8 Å². The van der Waals surface area contributed by atoms with E-state index in [1.54, 1.807) is 7.11 Å². The first-order valence-electron chi connectivity index (χ1n) is 9.64. The minimum Gasteiger partial charge on any atom is -0.497 e. The Morgan fingerprint density at radius 3 is 2.44 bits per heavy atom. The van der Waals surface area contributed by atoms with Gasteiger partial charge in [-0.05, 0) is 55.2 Å². The fourth-order valence-corrected chi connectivity index (χ4v) is 3.68. The van der Waals surface area contributed by atoms with Gasteiger partial charge in [0.15, 0.2) is 11.5 Å². The molecule has 27 heavy (non-hydrogen) atoms. The molecule has 0 aliphatic heterocycles. The van der Waals surface area contributed by atoms with E-state index in [1.807, 2.05) is 43.3 Å². The highest BCUT2D eigenvalue weighted by Crippen LogP contribution is 2.37. The zero-order valence-electron chi connectivity index (χ0n) is 16.1. The van der Waals surface area contributed by atoms with Crippen molar-refractivity contribution in [2.24, 2.45) is 0 Å². The molecule has 1 aliphatic rings. The number of hydrogen-bond acceptors (Lipinski definition) is 4. The molecule has 2 aromatic rings. The highest BCUT2D eigenvalue weighted by Gasteiger charge is 2.16. The van der Waals surface area contributed by atoms with Gasteiger partial charge in [0, 0.05) is 12.6 Å². The Morgan fingerprint density at radius 1 is 1.04 bits per heavy atom. The molecule has 0 unspecified atom stereocenters. The average molecular weight is 390 g/mol. The van der Waals surface area contributed by atoms with Crippen molar-refractivity contribution in [3.05, 3.63) is 52.5 Å². The molecule has 0 heterocycles. The minimum absolute atomic E-state index is 0.420. The first-order chi connectivity index (χ1) is 13.2. The van der Waals surface area contributed by atoms with Crippen LogP contribution in [0.25, 0.3) is 0 Å². The summed E-state index contributed by atoms with van der Waals surface area (Å²) in [6.07, 6.45) is 5.16. The van der Waals surface area contributed by atoms with Crippen molar-refractivity contribution in [2.75, 3.05) is 13.7 Å². The van der Waals surface area contributed by atoms with Crippen LogP contribution in [-0.2, 0) is 13.2 Å². The summed E-state index contributed by atoms with van der Waals surface area (Å²) in [6.45, 7) is 3.74. The number of nitrogens with one attached hydrogen (secondary N) is 1. The molecule has 1 N–H and O–H groups in total. The van der Waals surface area contributed by atoms with Crippen molar-refractivity contribution in [3.63, 3.8) is 0 Å². The van der Waals surface area contributed by atoms with Gasteiger partial charge in [0.2, 0.25) is 0 Å². The number of halogens is 1. The summed E-state index contributed by atoms with van der Waals surface area (Å²) < 4.78 is 17.0. The predicted molar refractivity (Wildman–Crippen MR) is 109 cm³/mol. The van der Waals surface area contributed by atoms with Gasteiger partial charge in [-0.15, -0.1) is 0 Å². The minimum atomic E-state index is 0.420. The van der Waals surface area contributed by atoms with Crippen LogP contribution in [0.4, 0.5) is 0 Å². The van der Waals surface area contributed by atoms with E-state index in [9.17, 15) is 0 Å². The van der Waals surface area contributed by atoms with E-state index < -0.39 is 0 Å². The summed E-state index contributed by atoms with van der Waals surface area (Å²) >= 11 is 6.53. The Morgan fingerprint density at radius 2 is 1.78 bits per heavy atom. The molecule has 1 saturated carbocycles. The second-order valence-electron chi connectivity index (χ2n) is 6.84. The van der Waals surface area contributed by atoms with Gasteiger partial charge in [0.25, 0.3) is 0 Å². The summed E-state index contributed by atoms with van der Waals surface area (Å²) in [5.74, 6) is 2.12. The van der Waals surface area contributed by atoms with Crippen LogP contribution in [0, 0.1) is 0 Å². The van der Waals surface area contributed by atoms with Gasteiger partial charge in [-0.3, -0.25) is 0 Å². The van der Waals surface area contributed by atoms with Crippen molar-refractivity contribution in [3.8, 4) is 17.2 Å². The SMILES string of the molecule is CCOc1cc(CNC2CCCC2)cc(Cl)c1OCc1ccc(OC)cc1. The third-order valence-corrected chi connectivity index (χ3v) is 5.14. The number of hydrogen-bond donors (Lipinski definition) is 1. The number of rotatable bonds is 9. The van der Waals surface area contributed by atoms with Gasteiger partial charge < -0.3 is 19.5 Å². The maximum absolute atomic E-state index is 6.53. The third kappa shape index (κ3) is 5.53. The fourth-order valence-electron chi connectivity index (χ4n) is 3.40. The van der Waals surface area contributed by atoms with Crippen LogP contribution >= 0.6 is 11.6 Å². The predicted octanol–water partition coefficient (Wildman–Crippen LogP) is 5.36. The molecule has 3 rings (SSSR count). The van der Waals surface area contributed by atoms with Gasteiger partial charge >= 0.3 is 0 Å². The Labute approximate surface area is 166 Å². The lowest BCUT2D eigenvalue weighted by Crippen LogP contribution is -2.25. The number of benzene rings is 2. The second kappa shape index (κ2) is 9.86. The van der Waals surface area contributed by atoms with E-state index in [0.717, 1.165) is 23.4 Å². The molecule has 0 saturated heterocycles. The van der Waals surface area contributed by atoms with Crippen LogP contribution < -0.4 is 19.5 Å². The Hall–Kier alpha value is -1.91. The average Bonchev–Trinajstić information content (AvgIpc) is 3.20. The molecule has 146 valence electrons. The molecular formula is C22H28ClNO3. The molecule has 0 bridgehead atoms. The molecule has 0 radical (unpaired) electrons. The monoisotopic (exact) mass is 389 g/mol. The topological polar surface area (TPSA) is 39.7 Å². The zero-order valence-corrected chi connectivity index (χ0v) is 16.8. The quantitative estimate of drug-likeness (QED) is 0.626. The van der Waals surface area contributed by atoms with E-state index in [1.165, 1.54) is 25.7 Å². The molecule has 0 spiro atoms. The fraction of sp³-hybridized carbons (Fsp3) is 0.455. The van der Waals surface area contributed by atoms with Gasteiger partial charge in [-0.2, -0.15) is 0 Å². The maximum atomic E-state index is 6.53. The number of methoxy groups -OCH3 is 1. The van der Waals surface area contributed by atoms with Crippen LogP contribution in [-0.4, -0.2) is 19.8 Å². The maximum Gasteiger partial charge on any atom is 0.180 e. The first kappa shape index (κ1) is 19.8. The van der Waals surface area contributed by atoms with Crippen molar-refractivity contribution in [1.29, 1.82) is 0 Å². The second-order valence-corrected chi connectivity index (χ2v) is 7.24. The van der Waals surface area contributed by atoms with Crippen LogP contribution in [0.5, 0.6) is 17.2 Å². The highest BCUT2D eigenvalue weighted by atomic mass is 35.5. The molecular weight excluding hydrogens is 362 g/mol. The smallest absolute Gasteiger partial charge is 0.180 e. The molecule has 4 nitrogen and oxygen atoms in total. The highest BCUT2D eigenvalue weighted by molar-refractivity contribution is 6.32. The van der Waals surface area contributed by atoms with Crippen LogP contribution in [0.2, 0.25) is 5.02 Å². The lowest BCUT2D eigenvalue weighted by Gasteiger charge is -2.17. The lowest BCUT2D eigenvalue weighted by molar-refractivity contribution is 0.269. The van der Waals surface area contributed by atoms with E-state index >= 15 is 0 Å². The van der Waals surface area contributed by atoms with Crippen LogP contribution in [0.1, 0.15) is 43.7 Å². The van der Waals surface area contributed by atoms with Crippen LogP contribution in [0.15, 0.2) is 36.4 Å². The normalized spacial score (nSPS) is 14.3. The molecule has 0 amide bonds. The van der Waals surface area contributed by atoms with Gasteiger partial charge in [-0.1, -0.05) is 36.6 Å². The molecule has 0 atom stereocenters. The molecule has 5 heteroatoms. The largest absolute Gasteiger partial charge is 0.497 e. The molecule has 0 aromatic heterocycles. The van der Waals surface area contributed by atoms with Crippen molar-refractivity contribution < 1.29 is 14.2 Å². The van der Waals surface area contributed by atoms with E-state index in [0.29, 0.717) is 35.8 Å². The Balaban J connectivity index is 1.68. The van der Waals surface area contributed by atoms with E-state index in [-0.39, 0.29) is 0 Å². The first-order valence-corrected chi connectivity index (χ1v) is 10.0. The van der Waals surface area contributed by atoms with E-state index in [2.05, 4.69) is 5.32 Å². The number of ether oxygens (including phenoxy) is 3. The Kier molecular flexibility index (Phi) is 7.25. The molecule has 2 aromatic carbocycles. The Bertz CT molecular complexity index is 727.